The van der Waals surface area contributed by atoms with Gasteiger partial charge in [-0.1, -0.05) is 11.6 Å². The lowest BCUT2D eigenvalue weighted by atomic mass is 10.2. The Bertz CT molecular complexity index is 1240. The number of anilines is 2. The topological polar surface area (TPSA) is 118 Å². The minimum atomic E-state index is -4.66. The molecule has 14 heteroatoms. The fourth-order valence-corrected chi connectivity index (χ4v) is 2.98. The number of ether oxygens (including phenoxy) is 1. The molecule has 10 nitrogen and oxygen atoms in total. The first-order chi connectivity index (χ1) is 17.5. The second-order valence-electron chi connectivity index (χ2n) is 7.72. The number of likely N-dealkylation sites (N-methyl/N-ethyl adjacent to an activating group) is 1. The van der Waals surface area contributed by atoms with Gasteiger partial charge in [0, 0.05) is 24.0 Å². The van der Waals surface area contributed by atoms with Crippen LogP contribution in [0.15, 0.2) is 54.9 Å². The average molecular weight is 539 g/mol. The third-order valence-corrected chi connectivity index (χ3v) is 4.87. The van der Waals surface area contributed by atoms with Gasteiger partial charge in [0.25, 0.3) is 5.91 Å². The number of urea groups is 1. The van der Waals surface area contributed by atoms with Crippen LogP contribution in [0.3, 0.4) is 0 Å². The molecule has 0 aliphatic heterocycles. The highest BCUT2D eigenvalue weighted by Crippen LogP contribution is 2.36. The van der Waals surface area contributed by atoms with Crippen molar-refractivity contribution >= 4 is 34.9 Å². The van der Waals surface area contributed by atoms with Gasteiger partial charge in [-0.15, -0.1) is 0 Å². The third-order valence-electron chi connectivity index (χ3n) is 4.54. The van der Waals surface area contributed by atoms with Gasteiger partial charge < -0.3 is 20.3 Å². The maximum absolute atomic E-state index is 13.0. The van der Waals surface area contributed by atoms with E-state index in [-0.39, 0.29) is 17.3 Å². The van der Waals surface area contributed by atoms with Crippen LogP contribution in [-0.2, 0) is 11.0 Å². The Morgan fingerprint density at radius 1 is 1.00 bits per heavy atom. The molecule has 0 aliphatic carbocycles. The monoisotopic (exact) mass is 538 g/mol. The van der Waals surface area contributed by atoms with Crippen molar-refractivity contribution in [3.8, 4) is 11.6 Å². The van der Waals surface area contributed by atoms with Gasteiger partial charge in [0.1, 0.15) is 17.8 Å². The van der Waals surface area contributed by atoms with Gasteiger partial charge in [0.2, 0.25) is 5.88 Å². The number of amides is 3. The van der Waals surface area contributed by atoms with Crippen molar-refractivity contribution in [2.75, 3.05) is 37.9 Å². The number of alkyl halides is 3. The maximum atomic E-state index is 13.0. The van der Waals surface area contributed by atoms with E-state index in [1.165, 1.54) is 36.4 Å². The second kappa shape index (κ2) is 12.3. The molecule has 1 aromatic heterocycles. The lowest BCUT2D eigenvalue weighted by Gasteiger charge is -2.12. The van der Waals surface area contributed by atoms with Crippen molar-refractivity contribution < 1.29 is 32.3 Å². The molecule has 0 radical (unpaired) electrons. The number of rotatable bonds is 9. The number of benzene rings is 2. The zero-order valence-electron chi connectivity index (χ0n) is 19.6. The van der Waals surface area contributed by atoms with Gasteiger partial charge in [-0.05, 0) is 56.6 Å². The summed E-state index contributed by atoms with van der Waals surface area (Å²) < 4.78 is 44.6. The molecule has 3 rings (SSSR count). The van der Waals surface area contributed by atoms with Crippen molar-refractivity contribution in [1.29, 1.82) is 0 Å². The predicted molar refractivity (Wildman–Crippen MR) is 130 cm³/mol. The molecule has 0 aliphatic rings. The molecule has 1 heterocycles. The van der Waals surface area contributed by atoms with Gasteiger partial charge in [0.15, 0.2) is 0 Å². The normalized spacial score (nSPS) is 11.2. The molecule has 196 valence electrons. The first-order valence-corrected chi connectivity index (χ1v) is 11.0. The van der Waals surface area contributed by atoms with Crippen molar-refractivity contribution in [2.45, 2.75) is 6.18 Å². The molecule has 3 amide bonds. The van der Waals surface area contributed by atoms with Crippen molar-refractivity contribution in [3.05, 3.63) is 71.1 Å². The standard InChI is InChI=1S/C23H22ClF3N6O4/c1-33(2)9-10-36-32-21(34)19-12-20(29-13-28-19)37-16-6-3-14(4-7-16)30-22(35)31-15-5-8-18(24)17(11-15)23(25,26)27/h3-8,11-13H,9-10H2,1-2H3,(H,32,34)(H2,30,31,35). The van der Waals surface area contributed by atoms with Gasteiger partial charge in [-0.3, -0.25) is 9.63 Å². The van der Waals surface area contributed by atoms with Gasteiger partial charge in [-0.2, -0.15) is 13.2 Å². The Hall–Kier alpha value is -3.94. The van der Waals surface area contributed by atoms with E-state index in [1.54, 1.807) is 0 Å². The summed E-state index contributed by atoms with van der Waals surface area (Å²) in [4.78, 5) is 39.2. The quantitative estimate of drug-likeness (QED) is 0.264. The van der Waals surface area contributed by atoms with Crippen LogP contribution in [0.25, 0.3) is 0 Å². The minimum Gasteiger partial charge on any atom is -0.439 e. The molecule has 0 saturated carbocycles. The molecule has 0 bridgehead atoms. The van der Waals surface area contributed by atoms with Gasteiger partial charge in [0.05, 0.1) is 17.2 Å². The lowest BCUT2D eigenvalue weighted by molar-refractivity contribution is -0.137. The summed E-state index contributed by atoms with van der Waals surface area (Å²) in [5.41, 5.74) is 1.51. The number of hydrogen-bond donors (Lipinski definition) is 3. The van der Waals surface area contributed by atoms with Crippen LogP contribution in [0.4, 0.5) is 29.3 Å². The summed E-state index contributed by atoms with van der Waals surface area (Å²) in [5, 5.41) is 4.34. The zero-order valence-corrected chi connectivity index (χ0v) is 20.4. The van der Waals surface area contributed by atoms with E-state index in [1.807, 2.05) is 19.0 Å². The second-order valence-corrected chi connectivity index (χ2v) is 8.13. The van der Waals surface area contributed by atoms with Crippen LogP contribution in [0.5, 0.6) is 11.6 Å². The van der Waals surface area contributed by atoms with Crippen LogP contribution < -0.4 is 20.9 Å². The van der Waals surface area contributed by atoms with Crippen LogP contribution in [0, 0.1) is 0 Å². The van der Waals surface area contributed by atoms with E-state index in [9.17, 15) is 22.8 Å². The first-order valence-electron chi connectivity index (χ1n) is 10.6. The summed E-state index contributed by atoms with van der Waals surface area (Å²) in [6.07, 6.45) is -3.50. The SMILES string of the molecule is CN(C)CCONC(=O)c1cc(Oc2ccc(NC(=O)Nc3ccc(Cl)c(C(F)(F)F)c3)cc2)ncn1. The maximum Gasteiger partial charge on any atom is 0.417 e. The number of aromatic nitrogens is 2. The molecule has 0 atom stereocenters. The third kappa shape index (κ3) is 8.59. The van der Waals surface area contributed by atoms with Crippen LogP contribution in [0.1, 0.15) is 16.1 Å². The fourth-order valence-electron chi connectivity index (χ4n) is 2.76. The predicted octanol–water partition coefficient (Wildman–Crippen LogP) is 4.81. The highest BCUT2D eigenvalue weighted by molar-refractivity contribution is 6.31. The molecule has 37 heavy (non-hydrogen) atoms. The number of hydrogen-bond acceptors (Lipinski definition) is 7. The molecule has 0 saturated heterocycles. The highest BCUT2D eigenvalue weighted by Gasteiger charge is 2.33. The number of carbonyl (C=O) groups excluding carboxylic acids is 2. The Balaban J connectivity index is 1.55. The van der Waals surface area contributed by atoms with E-state index < -0.39 is 28.7 Å². The molecule has 2 aromatic carbocycles. The molecule has 3 aromatic rings. The number of nitrogens with zero attached hydrogens (tertiary/aromatic N) is 3. The number of halogens is 4. The number of carbonyl (C=O) groups is 2. The molecular formula is C23H22ClF3N6O4. The molecule has 3 N–H and O–H groups in total. The summed E-state index contributed by atoms with van der Waals surface area (Å²) in [6.45, 7) is 0.908. The van der Waals surface area contributed by atoms with Crippen molar-refractivity contribution in [1.82, 2.24) is 20.3 Å². The van der Waals surface area contributed by atoms with E-state index in [4.69, 9.17) is 21.2 Å². The Labute approximate surface area is 214 Å². The minimum absolute atomic E-state index is 0.0284. The zero-order chi connectivity index (χ0) is 27.0. The van der Waals surface area contributed by atoms with Crippen LogP contribution >= 0.6 is 11.6 Å². The summed E-state index contributed by atoms with van der Waals surface area (Å²) in [5.74, 6) is -0.138. The Kier molecular flexibility index (Phi) is 9.22. The Morgan fingerprint density at radius 3 is 2.35 bits per heavy atom. The molecule has 0 fully saturated rings. The first kappa shape index (κ1) is 27.6. The van der Waals surface area contributed by atoms with E-state index in [0.29, 0.717) is 24.6 Å². The van der Waals surface area contributed by atoms with Gasteiger partial charge in [-0.25, -0.2) is 20.2 Å². The van der Waals surface area contributed by atoms with E-state index >= 15 is 0 Å². The number of nitrogens with one attached hydrogen (secondary N) is 3. The Morgan fingerprint density at radius 2 is 1.68 bits per heavy atom. The fraction of sp³-hybridized carbons (Fsp3) is 0.217. The largest absolute Gasteiger partial charge is 0.439 e. The highest BCUT2D eigenvalue weighted by atomic mass is 35.5. The number of hydroxylamine groups is 1. The molecule has 0 spiro atoms. The smallest absolute Gasteiger partial charge is 0.417 e. The van der Waals surface area contributed by atoms with E-state index in [0.717, 1.165) is 18.5 Å². The summed E-state index contributed by atoms with van der Waals surface area (Å²) >= 11 is 5.58. The summed E-state index contributed by atoms with van der Waals surface area (Å²) in [6, 6.07) is 9.65. The molecule has 0 unspecified atom stereocenters. The average Bonchev–Trinajstić information content (AvgIpc) is 2.83. The van der Waals surface area contributed by atoms with Crippen LogP contribution in [0.2, 0.25) is 5.02 Å². The molecular weight excluding hydrogens is 517 g/mol. The van der Waals surface area contributed by atoms with E-state index in [2.05, 4.69) is 26.1 Å². The summed E-state index contributed by atoms with van der Waals surface area (Å²) in [7, 11) is 3.74. The van der Waals surface area contributed by atoms with Gasteiger partial charge >= 0.3 is 12.2 Å². The van der Waals surface area contributed by atoms with Crippen molar-refractivity contribution in [3.63, 3.8) is 0 Å². The lowest BCUT2D eigenvalue weighted by Crippen LogP contribution is -2.28. The van der Waals surface area contributed by atoms with Crippen LogP contribution in [-0.4, -0.2) is 54.1 Å². The van der Waals surface area contributed by atoms with Crippen molar-refractivity contribution in [2.24, 2.45) is 0 Å².